The van der Waals surface area contributed by atoms with Crippen molar-refractivity contribution in [2.45, 2.75) is 38.7 Å². The lowest BCUT2D eigenvalue weighted by molar-refractivity contribution is 0.0447. The number of halogens is 1. The second-order valence-corrected chi connectivity index (χ2v) is 3.77. The van der Waals surface area contributed by atoms with E-state index in [0.717, 1.165) is 19.0 Å². The van der Waals surface area contributed by atoms with Crippen molar-refractivity contribution in [2.75, 3.05) is 0 Å². The van der Waals surface area contributed by atoms with Crippen LogP contribution in [0.15, 0.2) is 18.5 Å². The maximum atomic E-state index is 12.8. The second-order valence-electron chi connectivity index (χ2n) is 3.77. The van der Waals surface area contributed by atoms with E-state index in [1.54, 1.807) is 6.92 Å². The Kier molecular flexibility index (Phi) is 3.58. The predicted molar refractivity (Wildman–Crippen MR) is 53.3 cm³/mol. The summed E-state index contributed by atoms with van der Waals surface area (Å²) in [5, 5.41) is 10.0. The van der Waals surface area contributed by atoms with E-state index in [1.807, 2.05) is 0 Å². The fraction of sp³-hybridized carbons (Fsp3) is 0.545. The average Bonchev–Trinajstić information content (AvgIpc) is 2.15. The highest BCUT2D eigenvalue weighted by Gasteiger charge is 2.22. The third-order valence-corrected chi connectivity index (χ3v) is 2.34. The molecule has 1 aromatic rings. The molecule has 0 amide bonds. The van der Waals surface area contributed by atoms with E-state index in [-0.39, 0.29) is 0 Å². The van der Waals surface area contributed by atoms with Gasteiger partial charge in [-0.3, -0.25) is 4.98 Å². The Balaban J connectivity index is 2.80. The first-order valence-corrected chi connectivity index (χ1v) is 4.89. The van der Waals surface area contributed by atoms with Gasteiger partial charge in [-0.15, -0.1) is 0 Å². The van der Waals surface area contributed by atoms with Crippen LogP contribution >= 0.6 is 0 Å². The van der Waals surface area contributed by atoms with Crippen molar-refractivity contribution in [2.24, 2.45) is 0 Å². The molecular formula is C11H16FNO. The Labute approximate surface area is 83.8 Å². The topological polar surface area (TPSA) is 33.1 Å². The van der Waals surface area contributed by atoms with Crippen molar-refractivity contribution in [1.29, 1.82) is 0 Å². The standard InChI is InChI=1S/C11H16FNO/c1-3-4-5-11(2,14)9-6-10(12)8-13-7-9/h6-8,14H,3-5H2,1-2H3. The molecule has 1 heterocycles. The van der Waals surface area contributed by atoms with Gasteiger partial charge in [0.15, 0.2) is 0 Å². The molecule has 3 heteroatoms. The molecule has 78 valence electrons. The summed E-state index contributed by atoms with van der Waals surface area (Å²) >= 11 is 0. The molecule has 0 aliphatic rings. The molecule has 0 spiro atoms. The summed E-state index contributed by atoms with van der Waals surface area (Å²) < 4.78 is 12.8. The zero-order valence-electron chi connectivity index (χ0n) is 8.63. The molecule has 0 bridgehead atoms. The van der Waals surface area contributed by atoms with Crippen molar-refractivity contribution in [1.82, 2.24) is 4.98 Å². The SMILES string of the molecule is CCCCC(C)(O)c1cncc(F)c1. The van der Waals surface area contributed by atoms with Crippen LogP contribution in [0.5, 0.6) is 0 Å². The van der Waals surface area contributed by atoms with Gasteiger partial charge < -0.3 is 5.11 Å². The molecular weight excluding hydrogens is 181 g/mol. The van der Waals surface area contributed by atoms with Crippen molar-refractivity contribution >= 4 is 0 Å². The monoisotopic (exact) mass is 197 g/mol. The van der Waals surface area contributed by atoms with Gasteiger partial charge in [0.1, 0.15) is 5.82 Å². The maximum Gasteiger partial charge on any atom is 0.141 e. The molecule has 0 aliphatic carbocycles. The van der Waals surface area contributed by atoms with Gasteiger partial charge in [0.25, 0.3) is 0 Å². The first-order valence-electron chi connectivity index (χ1n) is 4.89. The van der Waals surface area contributed by atoms with Crippen LogP contribution in [0.4, 0.5) is 4.39 Å². The molecule has 0 aromatic carbocycles. The smallest absolute Gasteiger partial charge is 0.141 e. The van der Waals surface area contributed by atoms with E-state index >= 15 is 0 Å². The van der Waals surface area contributed by atoms with Crippen LogP contribution in [0.3, 0.4) is 0 Å². The summed E-state index contributed by atoms with van der Waals surface area (Å²) in [5.74, 6) is -0.403. The Morgan fingerprint density at radius 1 is 1.50 bits per heavy atom. The average molecular weight is 197 g/mol. The lowest BCUT2D eigenvalue weighted by Crippen LogP contribution is -2.21. The minimum Gasteiger partial charge on any atom is -0.385 e. The minimum absolute atomic E-state index is 0.403. The van der Waals surface area contributed by atoms with Gasteiger partial charge in [0.2, 0.25) is 0 Å². The third kappa shape index (κ3) is 2.77. The van der Waals surface area contributed by atoms with Crippen LogP contribution in [0.1, 0.15) is 38.7 Å². The predicted octanol–water partition coefficient (Wildman–Crippen LogP) is 2.62. The second kappa shape index (κ2) is 4.51. The summed E-state index contributed by atoms with van der Waals surface area (Å²) in [4.78, 5) is 3.72. The van der Waals surface area contributed by atoms with Crippen molar-refractivity contribution in [3.05, 3.63) is 29.8 Å². The highest BCUT2D eigenvalue weighted by molar-refractivity contribution is 5.17. The molecule has 0 saturated heterocycles. The summed E-state index contributed by atoms with van der Waals surface area (Å²) in [6.07, 6.45) is 5.22. The van der Waals surface area contributed by atoms with E-state index in [2.05, 4.69) is 11.9 Å². The number of unbranched alkanes of at least 4 members (excludes halogenated alkanes) is 1. The lowest BCUT2D eigenvalue weighted by atomic mass is 9.92. The van der Waals surface area contributed by atoms with E-state index in [0.29, 0.717) is 12.0 Å². The molecule has 2 nitrogen and oxygen atoms in total. The Morgan fingerprint density at radius 3 is 2.79 bits per heavy atom. The minimum atomic E-state index is -0.967. The number of rotatable bonds is 4. The van der Waals surface area contributed by atoms with Crippen LogP contribution in [-0.2, 0) is 5.60 Å². The Bertz CT molecular complexity index is 299. The summed E-state index contributed by atoms with van der Waals surface area (Å²) in [5.41, 5.74) is -0.420. The largest absolute Gasteiger partial charge is 0.385 e. The Hall–Kier alpha value is -0.960. The van der Waals surface area contributed by atoms with Crippen molar-refractivity contribution in [3.8, 4) is 0 Å². The van der Waals surface area contributed by atoms with Gasteiger partial charge in [-0.25, -0.2) is 4.39 Å². The first-order chi connectivity index (χ1) is 6.56. The molecule has 1 aromatic heterocycles. The zero-order valence-corrected chi connectivity index (χ0v) is 8.63. The molecule has 0 saturated carbocycles. The number of hydrogen-bond acceptors (Lipinski definition) is 2. The van der Waals surface area contributed by atoms with Crippen LogP contribution in [0, 0.1) is 5.82 Å². The highest BCUT2D eigenvalue weighted by atomic mass is 19.1. The number of nitrogens with zero attached hydrogens (tertiary/aromatic N) is 1. The van der Waals surface area contributed by atoms with E-state index in [4.69, 9.17) is 0 Å². The molecule has 0 radical (unpaired) electrons. The maximum absolute atomic E-state index is 12.8. The molecule has 0 fully saturated rings. The van der Waals surface area contributed by atoms with Crippen molar-refractivity contribution in [3.63, 3.8) is 0 Å². The Morgan fingerprint density at radius 2 is 2.21 bits per heavy atom. The van der Waals surface area contributed by atoms with Crippen molar-refractivity contribution < 1.29 is 9.50 Å². The molecule has 0 aliphatic heterocycles. The molecule has 1 rings (SSSR count). The number of aromatic nitrogens is 1. The number of aliphatic hydroxyl groups is 1. The van der Waals surface area contributed by atoms with E-state index in [1.165, 1.54) is 12.3 Å². The quantitative estimate of drug-likeness (QED) is 0.804. The normalized spacial score (nSPS) is 15.1. The van der Waals surface area contributed by atoms with Gasteiger partial charge in [0.05, 0.1) is 11.8 Å². The van der Waals surface area contributed by atoms with Gasteiger partial charge >= 0.3 is 0 Å². The molecule has 1 atom stereocenters. The number of hydrogen-bond donors (Lipinski definition) is 1. The van der Waals surface area contributed by atoms with Gasteiger partial charge in [0, 0.05) is 11.8 Å². The first kappa shape index (κ1) is 11.1. The van der Waals surface area contributed by atoms with Crippen LogP contribution in [0.2, 0.25) is 0 Å². The molecule has 14 heavy (non-hydrogen) atoms. The van der Waals surface area contributed by atoms with E-state index in [9.17, 15) is 9.50 Å². The molecule has 1 N–H and O–H groups in total. The number of pyridine rings is 1. The fourth-order valence-electron chi connectivity index (χ4n) is 1.37. The summed E-state index contributed by atoms with van der Waals surface area (Å²) in [6.45, 7) is 3.75. The van der Waals surface area contributed by atoms with Crippen LogP contribution < -0.4 is 0 Å². The summed E-state index contributed by atoms with van der Waals surface area (Å²) in [7, 11) is 0. The highest BCUT2D eigenvalue weighted by Crippen LogP contribution is 2.26. The lowest BCUT2D eigenvalue weighted by Gasteiger charge is -2.23. The zero-order chi connectivity index (χ0) is 10.6. The fourth-order valence-corrected chi connectivity index (χ4v) is 1.37. The third-order valence-electron chi connectivity index (χ3n) is 2.34. The van der Waals surface area contributed by atoms with Gasteiger partial charge in [-0.2, -0.15) is 0 Å². The summed E-state index contributed by atoms with van der Waals surface area (Å²) in [6, 6.07) is 1.34. The molecule has 1 unspecified atom stereocenters. The van der Waals surface area contributed by atoms with Crippen LogP contribution in [-0.4, -0.2) is 10.1 Å². The van der Waals surface area contributed by atoms with Gasteiger partial charge in [-0.05, 0) is 19.4 Å². The van der Waals surface area contributed by atoms with E-state index < -0.39 is 11.4 Å². The van der Waals surface area contributed by atoms with Gasteiger partial charge in [-0.1, -0.05) is 19.8 Å². The van der Waals surface area contributed by atoms with Crippen LogP contribution in [0.25, 0.3) is 0 Å².